The molecule has 0 saturated carbocycles. The molecule has 0 aliphatic carbocycles. The minimum atomic E-state index is -0.400. The third kappa shape index (κ3) is 2.46. The fourth-order valence-corrected chi connectivity index (χ4v) is 2.28. The van der Waals surface area contributed by atoms with Crippen molar-refractivity contribution in [3.05, 3.63) is 29.0 Å². The first-order chi connectivity index (χ1) is 8.63. The third-order valence-corrected chi connectivity index (χ3v) is 3.24. The molecular formula is C12H14ClN3O2. The van der Waals surface area contributed by atoms with E-state index in [2.05, 4.69) is 10.3 Å². The highest BCUT2D eigenvalue weighted by molar-refractivity contribution is 6.30. The van der Waals surface area contributed by atoms with Gasteiger partial charge in [0.25, 0.3) is 5.91 Å². The summed E-state index contributed by atoms with van der Waals surface area (Å²) in [5.74, 6) is -0.383. The molecule has 0 aromatic carbocycles. The zero-order valence-corrected chi connectivity index (χ0v) is 10.8. The Morgan fingerprint density at radius 1 is 1.56 bits per heavy atom. The maximum atomic E-state index is 12.3. The lowest BCUT2D eigenvalue weighted by molar-refractivity contribution is -0.124. The number of halogens is 1. The van der Waals surface area contributed by atoms with E-state index in [4.69, 9.17) is 11.6 Å². The monoisotopic (exact) mass is 267 g/mol. The summed E-state index contributed by atoms with van der Waals surface area (Å²) in [6, 6.07) is 2.73. The number of rotatable bonds is 2. The van der Waals surface area contributed by atoms with Gasteiger partial charge in [0.15, 0.2) is 0 Å². The largest absolute Gasteiger partial charge is 0.357 e. The minimum Gasteiger partial charge on any atom is -0.357 e. The molecule has 1 aromatic rings. The topological polar surface area (TPSA) is 62.3 Å². The minimum absolute atomic E-state index is 0.136. The molecule has 0 bridgehead atoms. The van der Waals surface area contributed by atoms with Crippen molar-refractivity contribution in [2.24, 2.45) is 0 Å². The number of carbonyl (C=O) groups is 2. The highest BCUT2D eigenvalue weighted by atomic mass is 35.5. The van der Waals surface area contributed by atoms with Crippen molar-refractivity contribution >= 4 is 23.4 Å². The number of hydrogen-bond donors (Lipinski definition) is 1. The SMILES string of the molecule is CNC(=O)C1CCCN1C(=O)c1cc(Cl)ccn1. The molecule has 5 nitrogen and oxygen atoms in total. The quantitative estimate of drug-likeness (QED) is 0.872. The van der Waals surface area contributed by atoms with E-state index in [9.17, 15) is 9.59 Å². The van der Waals surface area contributed by atoms with E-state index in [-0.39, 0.29) is 17.5 Å². The summed E-state index contributed by atoms with van der Waals surface area (Å²) < 4.78 is 0. The predicted octanol–water partition coefficient (Wildman–Crippen LogP) is 1.09. The lowest BCUT2D eigenvalue weighted by Crippen LogP contribution is -2.45. The van der Waals surface area contributed by atoms with E-state index in [0.29, 0.717) is 18.0 Å². The molecule has 2 amide bonds. The van der Waals surface area contributed by atoms with Crippen LogP contribution < -0.4 is 5.32 Å². The van der Waals surface area contributed by atoms with Crippen LogP contribution in [0, 0.1) is 0 Å². The second kappa shape index (κ2) is 5.35. The summed E-state index contributed by atoms with van der Waals surface area (Å²) in [6.45, 7) is 0.575. The van der Waals surface area contributed by atoms with Gasteiger partial charge in [-0.25, -0.2) is 0 Å². The molecule has 1 unspecified atom stereocenters. The van der Waals surface area contributed by atoms with Crippen LogP contribution in [0.2, 0.25) is 5.02 Å². The lowest BCUT2D eigenvalue weighted by Gasteiger charge is -2.22. The van der Waals surface area contributed by atoms with Crippen LogP contribution in [0.4, 0.5) is 0 Å². The molecule has 96 valence electrons. The zero-order chi connectivity index (χ0) is 13.1. The molecule has 2 heterocycles. The summed E-state index contributed by atoms with van der Waals surface area (Å²) in [5, 5.41) is 3.04. The van der Waals surface area contributed by atoms with Gasteiger partial charge in [0.05, 0.1) is 0 Å². The standard InChI is InChI=1S/C12H14ClN3O2/c1-14-11(17)10-3-2-6-16(10)12(18)9-7-8(13)4-5-15-9/h4-5,7,10H,2-3,6H2,1H3,(H,14,17). The molecule has 0 radical (unpaired) electrons. The average Bonchev–Trinajstić information content (AvgIpc) is 2.86. The van der Waals surface area contributed by atoms with Crippen LogP contribution in [0.15, 0.2) is 18.3 Å². The van der Waals surface area contributed by atoms with Gasteiger partial charge < -0.3 is 10.2 Å². The second-order valence-electron chi connectivity index (χ2n) is 4.13. The molecule has 1 N–H and O–H groups in total. The Balaban J connectivity index is 2.20. The van der Waals surface area contributed by atoms with Crippen LogP contribution in [0.1, 0.15) is 23.3 Å². The molecule has 1 aliphatic heterocycles. The number of amides is 2. The van der Waals surface area contributed by atoms with Crippen molar-refractivity contribution in [1.29, 1.82) is 0 Å². The van der Waals surface area contributed by atoms with Gasteiger partial charge in [-0.2, -0.15) is 0 Å². The van der Waals surface area contributed by atoms with Crippen LogP contribution in [0.3, 0.4) is 0 Å². The van der Waals surface area contributed by atoms with Crippen molar-refractivity contribution in [1.82, 2.24) is 15.2 Å². The van der Waals surface area contributed by atoms with Gasteiger partial charge in [0.2, 0.25) is 5.91 Å². The smallest absolute Gasteiger partial charge is 0.273 e. The fraction of sp³-hybridized carbons (Fsp3) is 0.417. The third-order valence-electron chi connectivity index (χ3n) is 3.00. The summed E-state index contributed by atoms with van der Waals surface area (Å²) in [7, 11) is 1.57. The number of hydrogen-bond acceptors (Lipinski definition) is 3. The number of nitrogens with zero attached hydrogens (tertiary/aromatic N) is 2. The number of nitrogens with one attached hydrogen (secondary N) is 1. The van der Waals surface area contributed by atoms with Crippen LogP contribution in [0.5, 0.6) is 0 Å². The van der Waals surface area contributed by atoms with Crippen molar-refractivity contribution in [3.63, 3.8) is 0 Å². The first-order valence-electron chi connectivity index (χ1n) is 5.77. The number of carbonyl (C=O) groups excluding carboxylic acids is 2. The van der Waals surface area contributed by atoms with E-state index in [1.165, 1.54) is 12.3 Å². The average molecular weight is 268 g/mol. The number of likely N-dealkylation sites (N-methyl/N-ethyl adjacent to an activating group) is 1. The Morgan fingerprint density at radius 2 is 2.33 bits per heavy atom. The number of pyridine rings is 1. The summed E-state index contributed by atoms with van der Waals surface area (Å²) in [5.41, 5.74) is 0.276. The molecule has 6 heteroatoms. The molecule has 1 saturated heterocycles. The van der Waals surface area contributed by atoms with Crippen LogP contribution >= 0.6 is 11.6 Å². The lowest BCUT2D eigenvalue weighted by atomic mass is 10.2. The van der Waals surface area contributed by atoms with E-state index < -0.39 is 6.04 Å². The van der Waals surface area contributed by atoms with Gasteiger partial charge in [-0.3, -0.25) is 14.6 Å². The molecule has 1 aromatic heterocycles. The van der Waals surface area contributed by atoms with Crippen molar-refractivity contribution < 1.29 is 9.59 Å². The Morgan fingerprint density at radius 3 is 3.00 bits per heavy atom. The van der Waals surface area contributed by atoms with Gasteiger partial charge in [0.1, 0.15) is 11.7 Å². The normalized spacial score (nSPS) is 18.8. The summed E-state index contributed by atoms with van der Waals surface area (Å²) >= 11 is 5.83. The zero-order valence-electron chi connectivity index (χ0n) is 10.0. The second-order valence-corrected chi connectivity index (χ2v) is 4.57. The highest BCUT2D eigenvalue weighted by Gasteiger charge is 2.34. The molecule has 2 rings (SSSR count). The Hall–Kier alpha value is -1.62. The molecule has 1 aliphatic rings. The summed E-state index contributed by atoms with van der Waals surface area (Å²) in [4.78, 5) is 29.5. The van der Waals surface area contributed by atoms with E-state index >= 15 is 0 Å². The first-order valence-corrected chi connectivity index (χ1v) is 6.15. The summed E-state index contributed by atoms with van der Waals surface area (Å²) in [6.07, 6.45) is 3.00. The number of aromatic nitrogens is 1. The predicted molar refractivity (Wildman–Crippen MR) is 67.4 cm³/mol. The van der Waals surface area contributed by atoms with Crippen molar-refractivity contribution in [3.8, 4) is 0 Å². The maximum Gasteiger partial charge on any atom is 0.273 e. The fourth-order valence-electron chi connectivity index (χ4n) is 2.12. The van der Waals surface area contributed by atoms with Gasteiger partial charge >= 0.3 is 0 Å². The van der Waals surface area contributed by atoms with Gasteiger partial charge in [0, 0.05) is 24.8 Å². The molecule has 1 fully saturated rings. The molecular weight excluding hydrogens is 254 g/mol. The highest BCUT2D eigenvalue weighted by Crippen LogP contribution is 2.20. The van der Waals surface area contributed by atoms with Gasteiger partial charge in [-0.05, 0) is 25.0 Å². The van der Waals surface area contributed by atoms with Crippen molar-refractivity contribution in [2.75, 3.05) is 13.6 Å². The Kier molecular flexibility index (Phi) is 3.81. The maximum absolute atomic E-state index is 12.3. The molecule has 0 spiro atoms. The van der Waals surface area contributed by atoms with Crippen LogP contribution in [-0.2, 0) is 4.79 Å². The van der Waals surface area contributed by atoms with Crippen molar-refractivity contribution in [2.45, 2.75) is 18.9 Å². The van der Waals surface area contributed by atoms with Gasteiger partial charge in [-0.1, -0.05) is 11.6 Å². The molecule has 1 atom stereocenters. The number of likely N-dealkylation sites (tertiary alicyclic amines) is 1. The molecule has 18 heavy (non-hydrogen) atoms. The van der Waals surface area contributed by atoms with Crippen LogP contribution in [0.25, 0.3) is 0 Å². The van der Waals surface area contributed by atoms with Gasteiger partial charge in [-0.15, -0.1) is 0 Å². The van der Waals surface area contributed by atoms with E-state index in [1.54, 1.807) is 18.0 Å². The Labute approximate surface area is 110 Å². The van der Waals surface area contributed by atoms with E-state index in [1.807, 2.05) is 0 Å². The first kappa shape index (κ1) is 12.8. The van der Waals surface area contributed by atoms with Crippen LogP contribution in [-0.4, -0.2) is 41.3 Å². The van der Waals surface area contributed by atoms with E-state index in [0.717, 1.165) is 6.42 Å². The Bertz CT molecular complexity index is 478.